The Bertz CT molecular complexity index is 471. The van der Waals surface area contributed by atoms with Gasteiger partial charge in [-0.1, -0.05) is 25.1 Å². The molecule has 0 bridgehead atoms. The second-order valence-electron chi connectivity index (χ2n) is 4.57. The number of nitrogens with zero attached hydrogens (tertiary/aromatic N) is 1. The Hall–Kier alpha value is -0.910. The summed E-state index contributed by atoms with van der Waals surface area (Å²) in [5.74, 6) is 0. The molecular formula is C13H20N2O2S. The topological polar surface area (TPSA) is 49.4 Å². The van der Waals surface area contributed by atoms with Crippen LogP contribution in [0.2, 0.25) is 0 Å². The molecule has 0 radical (unpaired) electrons. The second-order valence-corrected chi connectivity index (χ2v) is 6.51. The van der Waals surface area contributed by atoms with Crippen LogP contribution in [0.4, 0.5) is 0 Å². The van der Waals surface area contributed by atoms with Crippen molar-refractivity contribution in [3.63, 3.8) is 0 Å². The molecule has 1 aliphatic heterocycles. The van der Waals surface area contributed by atoms with Crippen molar-refractivity contribution in [3.8, 4) is 0 Å². The van der Waals surface area contributed by atoms with Gasteiger partial charge in [-0.25, -0.2) is 8.42 Å². The number of hydrogen-bond donors (Lipinski definition) is 1. The molecule has 0 spiro atoms. The van der Waals surface area contributed by atoms with Crippen molar-refractivity contribution in [2.75, 3.05) is 19.6 Å². The average Bonchev–Trinajstić information content (AvgIpc) is 2.40. The van der Waals surface area contributed by atoms with Crippen molar-refractivity contribution in [1.82, 2.24) is 9.62 Å². The summed E-state index contributed by atoms with van der Waals surface area (Å²) in [6.07, 6.45) is 1.97. The van der Waals surface area contributed by atoms with Crippen molar-refractivity contribution in [3.05, 3.63) is 30.3 Å². The molecular weight excluding hydrogens is 248 g/mol. The van der Waals surface area contributed by atoms with Crippen LogP contribution in [0.5, 0.6) is 0 Å². The first-order valence-electron chi connectivity index (χ1n) is 6.43. The molecule has 1 atom stereocenters. The molecule has 2 rings (SSSR count). The van der Waals surface area contributed by atoms with E-state index in [-0.39, 0.29) is 6.04 Å². The van der Waals surface area contributed by atoms with Gasteiger partial charge in [0.15, 0.2) is 0 Å². The van der Waals surface area contributed by atoms with Crippen molar-refractivity contribution in [2.24, 2.45) is 0 Å². The highest BCUT2D eigenvalue weighted by Crippen LogP contribution is 2.20. The lowest BCUT2D eigenvalue weighted by Crippen LogP contribution is -2.47. The first-order chi connectivity index (χ1) is 8.64. The standard InChI is InChI=1S/C13H20N2O2S/c1-2-14-12-7-6-10-15(11-12)18(16,17)13-8-4-3-5-9-13/h3-5,8-9,12,14H,2,6-7,10-11H2,1H3. The fraction of sp³-hybridized carbons (Fsp3) is 0.538. The third-order valence-corrected chi connectivity index (χ3v) is 5.14. The minimum atomic E-state index is -3.32. The van der Waals surface area contributed by atoms with Crippen LogP contribution >= 0.6 is 0 Å². The van der Waals surface area contributed by atoms with Crippen molar-refractivity contribution in [2.45, 2.75) is 30.7 Å². The maximum Gasteiger partial charge on any atom is 0.243 e. The van der Waals surface area contributed by atoms with Gasteiger partial charge < -0.3 is 5.32 Å². The van der Waals surface area contributed by atoms with E-state index in [1.165, 1.54) is 0 Å². The Balaban J connectivity index is 2.15. The van der Waals surface area contributed by atoms with Gasteiger partial charge in [0.1, 0.15) is 0 Å². The number of piperidine rings is 1. The van der Waals surface area contributed by atoms with Crippen LogP contribution in [0.3, 0.4) is 0 Å². The summed E-state index contributed by atoms with van der Waals surface area (Å²) in [5.41, 5.74) is 0. The maximum atomic E-state index is 12.4. The van der Waals surface area contributed by atoms with Crippen molar-refractivity contribution < 1.29 is 8.42 Å². The van der Waals surface area contributed by atoms with Gasteiger partial charge in [-0.15, -0.1) is 0 Å². The highest BCUT2D eigenvalue weighted by atomic mass is 32.2. The van der Waals surface area contributed by atoms with E-state index < -0.39 is 10.0 Å². The zero-order valence-electron chi connectivity index (χ0n) is 10.7. The normalized spacial score (nSPS) is 21.9. The summed E-state index contributed by atoms with van der Waals surface area (Å²) < 4.78 is 26.5. The molecule has 1 saturated heterocycles. The van der Waals surface area contributed by atoms with E-state index in [2.05, 4.69) is 5.32 Å². The Morgan fingerprint density at radius 3 is 2.72 bits per heavy atom. The van der Waals surface area contributed by atoms with Gasteiger partial charge in [-0.3, -0.25) is 0 Å². The predicted molar refractivity (Wildman–Crippen MR) is 71.9 cm³/mol. The van der Waals surface area contributed by atoms with E-state index in [4.69, 9.17) is 0 Å². The third-order valence-electron chi connectivity index (χ3n) is 3.26. The zero-order valence-corrected chi connectivity index (χ0v) is 11.5. The van der Waals surface area contributed by atoms with Crippen LogP contribution in [-0.2, 0) is 10.0 Å². The van der Waals surface area contributed by atoms with E-state index in [1.54, 1.807) is 28.6 Å². The molecule has 1 aromatic rings. The Labute approximate surface area is 109 Å². The number of sulfonamides is 1. The maximum absolute atomic E-state index is 12.4. The largest absolute Gasteiger partial charge is 0.313 e. The van der Waals surface area contributed by atoms with Gasteiger partial charge in [0.25, 0.3) is 0 Å². The molecule has 1 aliphatic rings. The number of hydrogen-bond acceptors (Lipinski definition) is 3. The fourth-order valence-corrected chi connectivity index (χ4v) is 3.90. The molecule has 1 unspecified atom stereocenters. The lowest BCUT2D eigenvalue weighted by atomic mass is 10.1. The molecule has 0 saturated carbocycles. The van der Waals surface area contributed by atoms with E-state index in [0.717, 1.165) is 19.4 Å². The lowest BCUT2D eigenvalue weighted by molar-refractivity contribution is 0.286. The molecule has 0 aliphatic carbocycles. The number of nitrogens with one attached hydrogen (secondary N) is 1. The molecule has 1 heterocycles. The van der Waals surface area contributed by atoms with Gasteiger partial charge in [0.05, 0.1) is 4.90 Å². The average molecular weight is 268 g/mol. The quantitative estimate of drug-likeness (QED) is 0.899. The molecule has 5 heteroatoms. The molecule has 18 heavy (non-hydrogen) atoms. The van der Waals surface area contributed by atoms with Crippen molar-refractivity contribution in [1.29, 1.82) is 0 Å². The van der Waals surface area contributed by atoms with Gasteiger partial charge in [0, 0.05) is 19.1 Å². The molecule has 4 nitrogen and oxygen atoms in total. The number of rotatable bonds is 4. The third kappa shape index (κ3) is 2.91. The van der Waals surface area contributed by atoms with Gasteiger partial charge in [-0.2, -0.15) is 4.31 Å². The van der Waals surface area contributed by atoms with E-state index in [1.807, 2.05) is 13.0 Å². The zero-order chi connectivity index (χ0) is 13.0. The molecule has 1 N–H and O–H groups in total. The molecule has 100 valence electrons. The van der Waals surface area contributed by atoms with Gasteiger partial charge in [0.2, 0.25) is 10.0 Å². The smallest absolute Gasteiger partial charge is 0.243 e. The SMILES string of the molecule is CCNC1CCCN(S(=O)(=O)c2ccccc2)C1. The molecule has 1 fully saturated rings. The molecule has 0 amide bonds. The van der Waals surface area contributed by atoms with Crippen LogP contribution < -0.4 is 5.32 Å². The Kier molecular flexibility index (Phi) is 4.37. The van der Waals surface area contributed by atoms with Crippen molar-refractivity contribution >= 4 is 10.0 Å². The van der Waals surface area contributed by atoms with E-state index in [0.29, 0.717) is 18.0 Å². The minimum Gasteiger partial charge on any atom is -0.313 e. The molecule has 0 aromatic heterocycles. The summed E-state index contributed by atoms with van der Waals surface area (Å²) in [6, 6.07) is 8.95. The first-order valence-corrected chi connectivity index (χ1v) is 7.87. The monoisotopic (exact) mass is 268 g/mol. The van der Waals surface area contributed by atoms with E-state index in [9.17, 15) is 8.42 Å². The summed E-state index contributed by atoms with van der Waals surface area (Å²) in [7, 11) is -3.32. The first kappa shape index (κ1) is 13.5. The molecule has 1 aromatic carbocycles. The number of benzene rings is 1. The number of likely N-dealkylation sites (N-methyl/N-ethyl adjacent to an activating group) is 1. The summed E-state index contributed by atoms with van der Waals surface area (Å²) in [5, 5.41) is 3.33. The van der Waals surface area contributed by atoms with Crippen LogP contribution in [0, 0.1) is 0 Å². The Morgan fingerprint density at radius 2 is 2.06 bits per heavy atom. The lowest BCUT2D eigenvalue weighted by Gasteiger charge is -2.32. The Morgan fingerprint density at radius 1 is 1.33 bits per heavy atom. The van der Waals surface area contributed by atoms with Gasteiger partial charge in [-0.05, 0) is 31.5 Å². The fourth-order valence-electron chi connectivity index (χ4n) is 2.36. The van der Waals surface area contributed by atoms with E-state index >= 15 is 0 Å². The highest BCUT2D eigenvalue weighted by molar-refractivity contribution is 7.89. The van der Waals surface area contributed by atoms with Crippen LogP contribution in [0.1, 0.15) is 19.8 Å². The van der Waals surface area contributed by atoms with Gasteiger partial charge >= 0.3 is 0 Å². The van der Waals surface area contributed by atoms with Crippen LogP contribution in [0.25, 0.3) is 0 Å². The predicted octanol–water partition coefficient (Wildman–Crippen LogP) is 1.45. The highest BCUT2D eigenvalue weighted by Gasteiger charge is 2.29. The second kappa shape index (κ2) is 5.82. The summed E-state index contributed by atoms with van der Waals surface area (Å²) in [6.45, 7) is 4.12. The minimum absolute atomic E-state index is 0.280. The van der Waals surface area contributed by atoms with Crippen LogP contribution in [0.15, 0.2) is 35.2 Å². The summed E-state index contributed by atoms with van der Waals surface area (Å²) >= 11 is 0. The van der Waals surface area contributed by atoms with Crippen LogP contribution in [-0.4, -0.2) is 38.4 Å². The summed E-state index contributed by atoms with van der Waals surface area (Å²) in [4.78, 5) is 0.391.